The fraction of sp³-hybridized carbons (Fsp3) is 0.231. The average molecular weight is 412 g/mol. The number of nitrogens with one attached hydrogen (secondary N) is 1. The molecule has 0 fully saturated rings. The topological polar surface area (TPSA) is 58.2 Å². The van der Waals surface area contributed by atoms with Crippen LogP contribution in [-0.2, 0) is 13.0 Å². The van der Waals surface area contributed by atoms with E-state index in [1.54, 1.807) is 0 Å². The van der Waals surface area contributed by atoms with Crippen LogP contribution >= 0.6 is 0 Å². The van der Waals surface area contributed by atoms with Gasteiger partial charge in [0.2, 0.25) is 0 Å². The highest BCUT2D eigenvalue weighted by molar-refractivity contribution is 5.94. The van der Waals surface area contributed by atoms with Crippen molar-refractivity contribution < 1.29 is 9.53 Å². The van der Waals surface area contributed by atoms with Crippen LogP contribution < -0.4 is 4.74 Å². The predicted molar refractivity (Wildman–Crippen MR) is 122 cm³/mol. The van der Waals surface area contributed by atoms with Crippen LogP contribution in [0.2, 0.25) is 0 Å². The summed E-state index contributed by atoms with van der Waals surface area (Å²) in [4.78, 5) is 22.9. The molecule has 0 radical (unpaired) electrons. The summed E-state index contributed by atoms with van der Waals surface area (Å²) in [5.74, 6) is 1.87. The molecule has 3 aromatic carbocycles. The molecule has 1 amide bonds. The van der Waals surface area contributed by atoms with Crippen molar-refractivity contribution in [3.05, 3.63) is 83.2 Å². The maximum absolute atomic E-state index is 13.1. The molecule has 0 bridgehead atoms. The maximum Gasteiger partial charge on any atom is 0.254 e. The first-order valence-corrected chi connectivity index (χ1v) is 10.7. The fourth-order valence-electron chi connectivity index (χ4n) is 4.04. The summed E-state index contributed by atoms with van der Waals surface area (Å²) in [7, 11) is 0. The molecule has 4 aromatic rings. The van der Waals surface area contributed by atoms with Crippen LogP contribution in [0.4, 0.5) is 0 Å². The van der Waals surface area contributed by atoms with Gasteiger partial charge in [-0.15, -0.1) is 0 Å². The molecular weight excluding hydrogens is 386 g/mol. The van der Waals surface area contributed by atoms with Crippen molar-refractivity contribution in [3.63, 3.8) is 0 Å². The van der Waals surface area contributed by atoms with Crippen molar-refractivity contribution in [3.8, 4) is 16.9 Å². The van der Waals surface area contributed by atoms with Gasteiger partial charge >= 0.3 is 0 Å². The van der Waals surface area contributed by atoms with Gasteiger partial charge < -0.3 is 14.6 Å². The Labute approximate surface area is 181 Å². The van der Waals surface area contributed by atoms with E-state index in [0.717, 1.165) is 51.3 Å². The Hall–Kier alpha value is -3.60. The lowest BCUT2D eigenvalue weighted by atomic mass is 10.0. The number of aromatic amines is 1. The smallest absolute Gasteiger partial charge is 0.254 e. The van der Waals surface area contributed by atoms with Gasteiger partial charge in [-0.1, -0.05) is 36.8 Å². The predicted octanol–water partition coefficient (Wildman–Crippen LogP) is 5.14. The van der Waals surface area contributed by atoms with Crippen LogP contribution in [0.15, 0.2) is 60.7 Å². The van der Waals surface area contributed by atoms with Crippen LogP contribution in [0.1, 0.15) is 34.2 Å². The van der Waals surface area contributed by atoms with Gasteiger partial charge in [0.1, 0.15) is 18.2 Å². The Kier molecular flexibility index (Phi) is 4.94. The lowest BCUT2D eigenvalue weighted by molar-refractivity contribution is 0.0733. The van der Waals surface area contributed by atoms with E-state index in [9.17, 15) is 4.79 Å². The molecule has 1 N–H and O–H groups in total. The highest BCUT2D eigenvalue weighted by atomic mass is 16.5. The second kappa shape index (κ2) is 7.91. The summed E-state index contributed by atoms with van der Waals surface area (Å²) in [5, 5.41) is 0. The van der Waals surface area contributed by atoms with Crippen molar-refractivity contribution in [1.82, 2.24) is 14.9 Å². The van der Waals surface area contributed by atoms with E-state index >= 15 is 0 Å². The Morgan fingerprint density at radius 2 is 1.84 bits per heavy atom. The number of benzene rings is 3. The second-order valence-electron chi connectivity index (χ2n) is 8.03. The van der Waals surface area contributed by atoms with Crippen molar-refractivity contribution in [1.29, 1.82) is 0 Å². The maximum atomic E-state index is 13.1. The van der Waals surface area contributed by atoms with Gasteiger partial charge in [0.05, 0.1) is 17.6 Å². The Bertz CT molecular complexity index is 1260. The van der Waals surface area contributed by atoms with Crippen LogP contribution in [0.3, 0.4) is 0 Å². The molecule has 0 aliphatic carbocycles. The van der Waals surface area contributed by atoms with Crippen molar-refractivity contribution in [2.75, 3.05) is 13.2 Å². The van der Waals surface area contributed by atoms with Crippen molar-refractivity contribution >= 4 is 16.9 Å². The quantitative estimate of drug-likeness (QED) is 0.508. The molecule has 1 aliphatic rings. The Balaban J connectivity index is 1.45. The molecule has 156 valence electrons. The van der Waals surface area contributed by atoms with Gasteiger partial charge in [-0.05, 0) is 54.4 Å². The Morgan fingerprint density at radius 1 is 1.06 bits per heavy atom. The molecule has 5 heteroatoms. The number of hydrogen-bond donors (Lipinski definition) is 1. The lowest BCUT2D eigenvalue weighted by Gasteiger charge is -2.20. The van der Waals surface area contributed by atoms with E-state index in [1.807, 2.05) is 42.2 Å². The minimum atomic E-state index is 0.0350. The number of ether oxygens (including phenoxy) is 1. The molecular formula is C26H25N3O2. The average Bonchev–Trinajstić information content (AvgIpc) is 3.09. The largest absolute Gasteiger partial charge is 0.491 e. The molecule has 5 nitrogen and oxygen atoms in total. The van der Waals surface area contributed by atoms with Crippen molar-refractivity contribution in [2.24, 2.45) is 0 Å². The molecule has 31 heavy (non-hydrogen) atoms. The third-order valence-corrected chi connectivity index (χ3v) is 5.83. The van der Waals surface area contributed by atoms with Gasteiger partial charge in [-0.3, -0.25) is 4.79 Å². The summed E-state index contributed by atoms with van der Waals surface area (Å²) in [6.07, 6.45) is 0.880. The number of hydrogen-bond acceptors (Lipinski definition) is 3. The summed E-state index contributed by atoms with van der Waals surface area (Å²) in [6.45, 7) is 5.70. The first kappa shape index (κ1) is 19.4. The van der Waals surface area contributed by atoms with Gasteiger partial charge in [-0.25, -0.2) is 4.98 Å². The molecule has 0 atom stereocenters. The highest BCUT2D eigenvalue weighted by Crippen LogP contribution is 2.31. The number of amides is 1. The summed E-state index contributed by atoms with van der Waals surface area (Å²) >= 11 is 0. The lowest BCUT2D eigenvalue weighted by Crippen LogP contribution is -2.32. The van der Waals surface area contributed by atoms with E-state index in [2.05, 4.69) is 47.2 Å². The number of nitrogens with zero attached hydrogens (tertiary/aromatic N) is 2. The molecule has 1 aromatic heterocycles. The first-order valence-electron chi connectivity index (χ1n) is 10.7. The number of carbonyl (C=O) groups is 1. The van der Waals surface area contributed by atoms with E-state index in [1.165, 1.54) is 0 Å². The van der Waals surface area contributed by atoms with E-state index in [4.69, 9.17) is 4.74 Å². The standard InChI is InChI=1S/C26H25N3O2/c1-3-25-27-22-10-8-20(15-23(22)28-25)19-9-11-24-21(14-19)16-29(12-13-31-24)26(30)18-6-4-17(2)5-7-18/h4-11,14-15H,3,12-13,16H2,1-2H3,(H,27,28). The van der Waals surface area contributed by atoms with Crippen LogP contribution in [0.25, 0.3) is 22.2 Å². The van der Waals surface area contributed by atoms with Crippen molar-refractivity contribution in [2.45, 2.75) is 26.8 Å². The monoisotopic (exact) mass is 411 g/mol. The van der Waals surface area contributed by atoms with E-state index < -0.39 is 0 Å². The van der Waals surface area contributed by atoms with E-state index in [0.29, 0.717) is 25.3 Å². The molecule has 0 saturated carbocycles. The molecule has 2 heterocycles. The minimum absolute atomic E-state index is 0.0350. The van der Waals surface area contributed by atoms with Crippen LogP contribution in [0, 0.1) is 6.92 Å². The number of imidazole rings is 1. The summed E-state index contributed by atoms with van der Waals surface area (Å²) in [5.41, 5.74) is 7.11. The Morgan fingerprint density at radius 3 is 2.65 bits per heavy atom. The van der Waals surface area contributed by atoms with Crippen LogP contribution in [-0.4, -0.2) is 33.9 Å². The second-order valence-corrected chi connectivity index (χ2v) is 8.03. The molecule has 0 spiro atoms. The number of rotatable bonds is 3. The third-order valence-electron chi connectivity index (χ3n) is 5.83. The molecule has 5 rings (SSSR count). The van der Waals surface area contributed by atoms with Gasteiger partial charge in [-0.2, -0.15) is 0 Å². The fourth-order valence-corrected chi connectivity index (χ4v) is 4.04. The zero-order valence-corrected chi connectivity index (χ0v) is 17.8. The number of carbonyl (C=O) groups excluding carboxylic acids is 1. The first-order chi connectivity index (χ1) is 15.1. The summed E-state index contributed by atoms with van der Waals surface area (Å²) < 4.78 is 5.95. The minimum Gasteiger partial charge on any atom is -0.491 e. The van der Waals surface area contributed by atoms with E-state index in [-0.39, 0.29) is 5.91 Å². The highest BCUT2D eigenvalue weighted by Gasteiger charge is 2.21. The molecule has 1 aliphatic heterocycles. The van der Waals surface area contributed by atoms with Gasteiger partial charge in [0, 0.05) is 24.1 Å². The number of aryl methyl sites for hydroxylation is 2. The SMILES string of the molecule is CCc1nc2ccc(-c3ccc4c(c3)CN(C(=O)c3ccc(C)cc3)CCO4)cc2[nH]1. The molecule has 0 unspecified atom stereocenters. The third kappa shape index (κ3) is 3.79. The number of aromatic nitrogens is 2. The zero-order chi connectivity index (χ0) is 21.4. The number of fused-ring (bicyclic) bond motifs is 2. The van der Waals surface area contributed by atoms with Gasteiger partial charge in [0.15, 0.2) is 0 Å². The zero-order valence-electron chi connectivity index (χ0n) is 17.8. The van der Waals surface area contributed by atoms with Crippen LogP contribution in [0.5, 0.6) is 5.75 Å². The molecule has 0 saturated heterocycles. The summed E-state index contributed by atoms with van der Waals surface area (Å²) in [6, 6.07) is 20.2. The number of H-pyrrole nitrogens is 1. The van der Waals surface area contributed by atoms with Gasteiger partial charge in [0.25, 0.3) is 5.91 Å². The normalized spacial score (nSPS) is 13.5.